The summed E-state index contributed by atoms with van der Waals surface area (Å²) in [7, 11) is 0. The Morgan fingerprint density at radius 2 is 1.68 bits per heavy atom. The van der Waals surface area contributed by atoms with Crippen molar-refractivity contribution in [1.82, 2.24) is 4.90 Å². The molecule has 19 heavy (non-hydrogen) atoms. The average molecular weight is 273 g/mol. The summed E-state index contributed by atoms with van der Waals surface area (Å²) >= 11 is 0. The van der Waals surface area contributed by atoms with E-state index in [0.717, 1.165) is 0 Å². The van der Waals surface area contributed by atoms with Crippen molar-refractivity contribution in [3.8, 4) is 0 Å². The number of carbonyl (C=O) groups excluding carboxylic acids is 1. The summed E-state index contributed by atoms with van der Waals surface area (Å²) in [4.78, 5) is 35.3. The Balaban J connectivity index is 2.91. The predicted molar refractivity (Wildman–Crippen MR) is 64.7 cm³/mol. The molecule has 1 saturated heterocycles. The van der Waals surface area contributed by atoms with E-state index in [0.29, 0.717) is 0 Å². The number of nitrogens with zero attached hydrogens (tertiary/aromatic N) is 1. The molecule has 0 aromatic heterocycles. The highest BCUT2D eigenvalue weighted by Crippen LogP contribution is 2.31. The molecule has 1 aliphatic heterocycles. The zero-order chi connectivity index (χ0) is 15.0. The molecule has 0 unspecified atom stereocenters. The molecular weight excluding hydrogens is 254 g/mol. The fraction of sp³-hybridized carbons (Fsp3) is 0.750. The van der Waals surface area contributed by atoms with Crippen LogP contribution in [-0.2, 0) is 14.3 Å². The molecule has 1 aliphatic rings. The van der Waals surface area contributed by atoms with Gasteiger partial charge in [0.25, 0.3) is 0 Å². The van der Waals surface area contributed by atoms with Crippen LogP contribution in [0.1, 0.15) is 27.7 Å². The summed E-state index contributed by atoms with van der Waals surface area (Å²) in [6.07, 6.45) is -0.685. The van der Waals surface area contributed by atoms with Crippen LogP contribution in [0.3, 0.4) is 0 Å². The monoisotopic (exact) mass is 273 g/mol. The van der Waals surface area contributed by atoms with Crippen LogP contribution in [0, 0.1) is 11.8 Å². The number of aliphatic carboxylic acids is 2. The number of carbonyl (C=O) groups is 3. The first-order valence-electron chi connectivity index (χ1n) is 6.00. The summed E-state index contributed by atoms with van der Waals surface area (Å²) in [6, 6.07) is -0.714. The highest BCUT2D eigenvalue weighted by molar-refractivity contribution is 5.83. The van der Waals surface area contributed by atoms with Crippen LogP contribution in [0.15, 0.2) is 0 Å². The molecule has 0 saturated carbocycles. The smallest absolute Gasteiger partial charge is 0.410 e. The first-order chi connectivity index (χ1) is 8.54. The summed E-state index contributed by atoms with van der Waals surface area (Å²) in [6.45, 7) is 6.44. The number of rotatable bonds is 2. The summed E-state index contributed by atoms with van der Waals surface area (Å²) in [5.41, 5.74) is -0.711. The van der Waals surface area contributed by atoms with E-state index in [-0.39, 0.29) is 6.54 Å². The molecule has 3 atom stereocenters. The normalized spacial score (nSPS) is 27.2. The second-order valence-corrected chi connectivity index (χ2v) is 5.68. The topological polar surface area (TPSA) is 104 Å². The van der Waals surface area contributed by atoms with E-state index in [1.165, 1.54) is 11.8 Å². The van der Waals surface area contributed by atoms with E-state index >= 15 is 0 Å². The number of hydrogen-bond donors (Lipinski definition) is 2. The molecule has 0 aromatic rings. The molecule has 7 heteroatoms. The van der Waals surface area contributed by atoms with Crippen LogP contribution >= 0.6 is 0 Å². The van der Waals surface area contributed by atoms with E-state index in [9.17, 15) is 14.4 Å². The van der Waals surface area contributed by atoms with Crippen LogP contribution in [0.4, 0.5) is 4.79 Å². The van der Waals surface area contributed by atoms with Gasteiger partial charge in [0.05, 0.1) is 11.8 Å². The van der Waals surface area contributed by atoms with Gasteiger partial charge in [-0.2, -0.15) is 0 Å². The van der Waals surface area contributed by atoms with Gasteiger partial charge in [0, 0.05) is 12.6 Å². The third-order valence-electron chi connectivity index (χ3n) is 3.07. The first kappa shape index (κ1) is 15.3. The van der Waals surface area contributed by atoms with Gasteiger partial charge < -0.3 is 19.8 Å². The summed E-state index contributed by atoms with van der Waals surface area (Å²) in [5.74, 6) is -4.67. The Hall–Kier alpha value is -1.79. The molecule has 2 N–H and O–H groups in total. The number of carboxylic acid groups (broad SMARTS) is 2. The van der Waals surface area contributed by atoms with Gasteiger partial charge in [-0.05, 0) is 27.7 Å². The third-order valence-corrected chi connectivity index (χ3v) is 3.07. The number of carboxylic acids is 2. The van der Waals surface area contributed by atoms with Crippen molar-refractivity contribution in [2.75, 3.05) is 6.54 Å². The molecule has 0 spiro atoms. The van der Waals surface area contributed by atoms with Crippen LogP contribution in [-0.4, -0.2) is 51.3 Å². The van der Waals surface area contributed by atoms with E-state index in [4.69, 9.17) is 14.9 Å². The molecule has 0 radical (unpaired) electrons. The molecule has 1 heterocycles. The molecule has 0 bridgehead atoms. The number of amides is 1. The van der Waals surface area contributed by atoms with Gasteiger partial charge in [-0.15, -0.1) is 0 Å². The quantitative estimate of drug-likeness (QED) is 0.778. The minimum absolute atomic E-state index is 0.150. The number of ether oxygens (including phenoxy) is 1. The zero-order valence-electron chi connectivity index (χ0n) is 11.4. The Bertz CT molecular complexity index is 400. The van der Waals surface area contributed by atoms with Crippen molar-refractivity contribution >= 4 is 18.0 Å². The second-order valence-electron chi connectivity index (χ2n) is 5.68. The zero-order valence-corrected chi connectivity index (χ0v) is 11.4. The lowest BCUT2D eigenvalue weighted by molar-refractivity contribution is -0.152. The highest BCUT2D eigenvalue weighted by Gasteiger charge is 2.49. The molecule has 1 rings (SSSR count). The van der Waals surface area contributed by atoms with Gasteiger partial charge in [0.1, 0.15) is 5.60 Å². The lowest BCUT2D eigenvalue weighted by Gasteiger charge is -2.27. The molecule has 0 aliphatic carbocycles. The molecular formula is C12H19NO6. The van der Waals surface area contributed by atoms with E-state index < -0.39 is 41.5 Å². The Morgan fingerprint density at radius 3 is 2.00 bits per heavy atom. The van der Waals surface area contributed by atoms with Gasteiger partial charge in [0.15, 0.2) is 0 Å². The van der Waals surface area contributed by atoms with Crippen molar-refractivity contribution in [2.45, 2.75) is 39.3 Å². The van der Waals surface area contributed by atoms with Crippen molar-refractivity contribution in [3.05, 3.63) is 0 Å². The third kappa shape index (κ3) is 3.36. The summed E-state index contributed by atoms with van der Waals surface area (Å²) in [5, 5.41) is 18.1. The lowest BCUT2D eigenvalue weighted by Crippen LogP contribution is -2.41. The molecule has 7 nitrogen and oxygen atoms in total. The van der Waals surface area contributed by atoms with Crippen LogP contribution in [0.25, 0.3) is 0 Å². The Labute approximate surface area is 111 Å². The van der Waals surface area contributed by atoms with E-state index in [1.807, 2.05) is 0 Å². The van der Waals surface area contributed by atoms with Crippen molar-refractivity contribution in [2.24, 2.45) is 11.8 Å². The van der Waals surface area contributed by atoms with Crippen LogP contribution < -0.4 is 0 Å². The molecule has 0 aromatic carbocycles. The predicted octanol–water partition coefficient (Wildman–Crippen LogP) is 1.03. The standard InChI is InChI=1S/C12H19NO6/c1-6-8(10(16)17)7(9(14)15)5-13(6)11(18)19-12(2,3)4/h6-8H,5H2,1-4H3,(H,14,15)(H,16,17)/t6-,7-,8-/m1/s1. The van der Waals surface area contributed by atoms with Crippen molar-refractivity contribution in [3.63, 3.8) is 0 Å². The van der Waals surface area contributed by atoms with E-state index in [2.05, 4.69) is 0 Å². The Kier molecular flexibility index (Phi) is 4.07. The van der Waals surface area contributed by atoms with Crippen LogP contribution in [0.2, 0.25) is 0 Å². The number of hydrogen-bond acceptors (Lipinski definition) is 4. The maximum Gasteiger partial charge on any atom is 0.410 e. The molecule has 108 valence electrons. The van der Waals surface area contributed by atoms with Gasteiger partial charge in [-0.25, -0.2) is 4.79 Å². The number of likely N-dealkylation sites (tertiary alicyclic amines) is 1. The van der Waals surface area contributed by atoms with Gasteiger partial charge in [0.2, 0.25) is 0 Å². The summed E-state index contributed by atoms with van der Waals surface area (Å²) < 4.78 is 5.15. The molecule has 1 amide bonds. The van der Waals surface area contributed by atoms with E-state index in [1.54, 1.807) is 20.8 Å². The average Bonchev–Trinajstić information content (AvgIpc) is 2.53. The highest BCUT2D eigenvalue weighted by atomic mass is 16.6. The second kappa shape index (κ2) is 5.07. The molecule has 1 fully saturated rings. The Morgan fingerprint density at radius 1 is 1.16 bits per heavy atom. The maximum atomic E-state index is 11.9. The minimum atomic E-state index is -1.22. The fourth-order valence-corrected chi connectivity index (χ4v) is 2.19. The largest absolute Gasteiger partial charge is 0.481 e. The SMILES string of the molecule is C[C@@H]1[C@@H](C(=O)O)[C@H](C(=O)O)CN1C(=O)OC(C)(C)C. The van der Waals surface area contributed by atoms with Crippen molar-refractivity contribution < 1.29 is 29.3 Å². The van der Waals surface area contributed by atoms with Gasteiger partial charge in [-0.1, -0.05) is 0 Å². The maximum absolute atomic E-state index is 11.9. The first-order valence-corrected chi connectivity index (χ1v) is 6.00. The lowest BCUT2D eigenvalue weighted by atomic mass is 9.91. The van der Waals surface area contributed by atoms with Gasteiger partial charge in [-0.3, -0.25) is 9.59 Å². The minimum Gasteiger partial charge on any atom is -0.481 e. The fourth-order valence-electron chi connectivity index (χ4n) is 2.19. The van der Waals surface area contributed by atoms with Gasteiger partial charge >= 0.3 is 18.0 Å². The van der Waals surface area contributed by atoms with Crippen molar-refractivity contribution in [1.29, 1.82) is 0 Å². The van der Waals surface area contributed by atoms with Crippen LogP contribution in [0.5, 0.6) is 0 Å².